The molecule has 7 heteroatoms. The minimum absolute atomic E-state index is 0.0456. The molecule has 0 saturated heterocycles. The van der Waals surface area contributed by atoms with Crippen molar-refractivity contribution in [3.05, 3.63) is 30.1 Å². The Balaban J connectivity index is 2.70. The number of hydrogen-bond acceptors (Lipinski definition) is 4. The number of carbonyl (C=O) groups excluding carboxylic acids is 2. The van der Waals surface area contributed by atoms with Crippen molar-refractivity contribution in [3.63, 3.8) is 0 Å². The number of rotatable bonds is 3. The molecule has 0 atom stereocenters. The zero-order valence-electron chi connectivity index (χ0n) is 8.33. The van der Waals surface area contributed by atoms with Crippen molar-refractivity contribution in [3.8, 4) is 0 Å². The van der Waals surface area contributed by atoms with Crippen LogP contribution in [0.2, 0.25) is 0 Å². The Morgan fingerprint density at radius 2 is 2.38 bits per heavy atom. The lowest BCUT2D eigenvalue weighted by molar-refractivity contribution is -0.684. The molecule has 0 fully saturated rings. The third kappa shape index (κ3) is 3.74. The Hall–Kier alpha value is -2.44. The Labute approximate surface area is 91.2 Å². The maximum atomic E-state index is 11.2. The summed E-state index contributed by atoms with van der Waals surface area (Å²) in [6.45, 7) is -0.0456. The molecule has 16 heavy (non-hydrogen) atoms. The standard InChI is InChI=1S/C9H10N4O3/c10-9(15)12-8(14)6-13-3-1-2-7(5-13)4-11-16/h1-5H,6H2,(H3-,10,12,14,15,16)/p+1/b11-4+. The van der Waals surface area contributed by atoms with Gasteiger partial charge in [-0.1, -0.05) is 5.16 Å². The predicted octanol–water partition coefficient (Wildman–Crippen LogP) is -1.02. The third-order valence-electron chi connectivity index (χ3n) is 1.68. The fraction of sp³-hybridized carbons (Fsp3) is 0.111. The number of aromatic nitrogens is 1. The number of urea groups is 1. The Morgan fingerprint density at radius 1 is 1.62 bits per heavy atom. The smallest absolute Gasteiger partial charge is 0.319 e. The molecule has 7 nitrogen and oxygen atoms in total. The molecule has 0 saturated carbocycles. The van der Waals surface area contributed by atoms with Crippen LogP contribution in [-0.2, 0) is 11.3 Å². The summed E-state index contributed by atoms with van der Waals surface area (Å²) in [5.74, 6) is -0.518. The molecule has 3 amide bonds. The van der Waals surface area contributed by atoms with Gasteiger partial charge in [-0.3, -0.25) is 10.1 Å². The number of carbonyl (C=O) groups is 2. The second-order valence-corrected chi connectivity index (χ2v) is 2.97. The predicted molar refractivity (Wildman–Crippen MR) is 53.7 cm³/mol. The van der Waals surface area contributed by atoms with Gasteiger partial charge in [0.1, 0.15) is 0 Å². The molecule has 0 bridgehead atoms. The van der Waals surface area contributed by atoms with Crippen LogP contribution in [0.4, 0.5) is 4.79 Å². The lowest BCUT2D eigenvalue weighted by atomic mass is 10.3. The van der Waals surface area contributed by atoms with Crippen molar-refractivity contribution >= 4 is 18.2 Å². The molecule has 84 valence electrons. The third-order valence-corrected chi connectivity index (χ3v) is 1.68. The number of primary amides is 1. The molecule has 0 aliphatic carbocycles. The van der Waals surface area contributed by atoms with Crippen LogP contribution in [0.15, 0.2) is 29.7 Å². The summed E-state index contributed by atoms with van der Waals surface area (Å²) in [6, 6.07) is 2.48. The number of hydrogen-bond donors (Lipinski definition) is 3. The molecule has 1 aromatic heterocycles. The summed E-state index contributed by atoms with van der Waals surface area (Å²) in [6.07, 6.45) is 4.44. The highest BCUT2D eigenvalue weighted by molar-refractivity contribution is 5.92. The Kier molecular flexibility index (Phi) is 3.96. The van der Waals surface area contributed by atoms with Crippen molar-refractivity contribution in [1.82, 2.24) is 5.32 Å². The van der Waals surface area contributed by atoms with Crippen molar-refractivity contribution in [2.45, 2.75) is 6.54 Å². The van der Waals surface area contributed by atoms with Gasteiger partial charge in [-0.2, -0.15) is 4.57 Å². The average molecular weight is 223 g/mol. The van der Waals surface area contributed by atoms with Gasteiger partial charge in [-0.15, -0.1) is 0 Å². The van der Waals surface area contributed by atoms with Crippen molar-refractivity contribution in [2.75, 3.05) is 0 Å². The minimum Gasteiger partial charge on any atom is -0.411 e. The van der Waals surface area contributed by atoms with E-state index in [0.717, 1.165) is 0 Å². The number of nitrogens with one attached hydrogen (secondary N) is 1. The first-order valence-electron chi connectivity index (χ1n) is 4.37. The number of imide groups is 1. The number of amides is 3. The van der Waals surface area contributed by atoms with E-state index in [0.29, 0.717) is 5.56 Å². The van der Waals surface area contributed by atoms with E-state index >= 15 is 0 Å². The second kappa shape index (κ2) is 5.44. The zero-order chi connectivity index (χ0) is 12.0. The molecule has 0 unspecified atom stereocenters. The maximum Gasteiger partial charge on any atom is 0.319 e. The summed E-state index contributed by atoms with van der Waals surface area (Å²) in [5.41, 5.74) is 5.41. The maximum absolute atomic E-state index is 11.2. The van der Waals surface area contributed by atoms with E-state index in [-0.39, 0.29) is 6.54 Å². The molecule has 0 aliphatic heterocycles. The van der Waals surface area contributed by atoms with Gasteiger partial charge >= 0.3 is 6.03 Å². The monoisotopic (exact) mass is 223 g/mol. The van der Waals surface area contributed by atoms with Gasteiger partial charge in [-0.25, -0.2) is 4.79 Å². The second-order valence-electron chi connectivity index (χ2n) is 2.97. The quantitative estimate of drug-likeness (QED) is 0.264. The molecule has 1 heterocycles. The molecule has 0 aromatic carbocycles. The zero-order valence-corrected chi connectivity index (χ0v) is 8.33. The number of nitrogens with zero attached hydrogens (tertiary/aromatic N) is 2. The number of nitrogens with two attached hydrogens (primary N) is 1. The fourth-order valence-electron chi connectivity index (χ4n) is 1.13. The fourth-order valence-corrected chi connectivity index (χ4v) is 1.13. The first-order chi connectivity index (χ1) is 7.61. The SMILES string of the molecule is NC(=O)NC(=O)C[n+]1cccc(/C=N/O)c1. The average Bonchev–Trinajstić information content (AvgIpc) is 2.17. The van der Waals surface area contributed by atoms with E-state index in [9.17, 15) is 9.59 Å². The molecular weight excluding hydrogens is 212 g/mol. The summed E-state index contributed by atoms with van der Waals surface area (Å²) in [4.78, 5) is 21.6. The van der Waals surface area contributed by atoms with E-state index in [2.05, 4.69) is 5.16 Å². The molecule has 1 rings (SSSR count). The molecular formula is C9H11N4O3+. The van der Waals surface area contributed by atoms with Gasteiger partial charge in [0.15, 0.2) is 12.4 Å². The van der Waals surface area contributed by atoms with Crippen LogP contribution in [0.5, 0.6) is 0 Å². The molecule has 0 spiro atoms. The Morgan fingerprint density at radius 3 is 3.00 bits per heavy atom. The first-order valence-corrected chi connectivity index (χ1v) is 4.37. The molecule has 0 aliphatic rings. The van der Waals surface area contributed by atoms with E-state index in [1.807, 2.05) is 5.32 Å². The van der Waals surface area contributed by atoms with Crippen LogP contribution < -0.4 is 15.6 Å². The lowest BCUT2D eigenvalue weighted by Gasteiger charge is -1.97. The van der Waals surface area contributed by atoms with Crippen LogP contribution in [0.25, 0.3) is 0 Å². The van der Waals surface area contributed by atoms with Crippen LogP contribution in [-0.4, -0.2) is 23.4 Å². The highest BCUT2D eigenvalue weighted by atomic mass is 16.4. The lowest BCUT2D eigenvalue weighted by Crippen LogP contribution is -2.45. The van der Waals surface area contributed by atoms with Gasteiger partial charge in [-0.05, 0) is 6.07 Å². The van der Waals surface area contributed by atoms with Gasteiger partial charge in [0.25, 0.3) is 5.91 Å². The summed E-state index contributed by atoms with van der Waals surface area (Å²) in [7, 11) is 0. The molecule has 0 radical (unpaired) electrons. The molecule has 1 aromatic rings. The van der Waals surface area contributed by atoms with Crippen LogP contribution in [0.3, 0.4) is 0 Å². The molecule has 4 N–H and O–H groups in total. The van der Waals surface area contributed by atoms with Gasteiger partial charge in [0.2, 0.25) is 6.54 Å². The normalized spacial score (nSPS) is 10.2. The first kappa shape index (κ1) is 11.6. The largest absolute Gasteiger partial charge is 0.411 e. The van der Waals surface area contributed by atoms with Crippen LogP contribution in [0, 0.1) is 0 Å². The highest BCUT2D eigenvalue weighted by Gasteiger charge is 2.10. The van der Waals surface area contributed by atoms with Crippen molar-refractivity contribution < 1.29 is 19.4 Å². The number of pyridine rings is 1. The van der Waals surface area contributed by atoms with E-state index in [1.54, 1.807) is 24.5 Å². The highest BCUT2D eigenvalue weighted by Crippen LogP contribution is 1.89. The summed E-state index contributed by atoms with van der Waals surface area (Å²) in [5, 5.41) is 13.1. The Bertz CT molecular complexity index is 431. The number of oxime groups is 1. The van der Waals surface area contributed by atoms with E-state index < -0.39 is 11.9 Å². The van der Waals surface area contributed by atoms with Crippen LogP contribution in [0.1, 0.15) is 5.56 Å². The van der Waals surface area contributed by atoms with E-state index in [4.69, 9.17) is 10.9 Å². The minimum atomic E-state index is -0.890. The van der Waals surface area contributed by atoms with Gasteiger partial charge in [0.05, 0.1) is 11.8 Å². The summed E-state index contributed by atoms with van der Waals surface area (Å²) < 4.78 is 1.52. The van der Waals surface area contributed by atoms with Crippen molar-refractivity contribution in [1.29, 1.82) is 0 Å². The van der Waals surface area contributed by atoms with Gasteiger partial charge in [0, 0.05) is 6.07 Å². The van der Waals surface area contributed by atoms with Crippen molar-refractivity contribution in [2.24, 2.45) is 10.9 Å². The van der Waals surface area contributed by atoms with Crippen LogP contribution >= 0.6 is 0 Å². The topological polar surface area (TPSA) is 109 Å². The summed E-state index contributed by atoms with van der Waals surface area (Å²) >= 11 is 0. The van der Waals surface area contributed by atoms with E-state index in [1.165, 1.54) is 10.8 Å². The van der Waals surface area contributed by atoms with Gasteiger partial charge < -0.3 is 10.9 Å².